The van der Waals surface area contributed by atoms with Gasteiger partial charge in [0.1, 0.15) is 19.1 Å². The molecule has 0 N–H and O–H groups in total. The quantitative estimate of drug-likeness (QED) is 0.263. The fourth-order valence-corrected chi connectivity index (χ4v) is 0.403. The molecular weight excluding hydrogens is 156 g/mol. The maximum absolute atomic E-state index is 10.3. The first kappa shape index (κ1) is 9.30. The third kappa shape index (κ3) is 5.44. The van der Waals surface area contributed by atoms with Gasteiger partial charge >= 0.3 is 5.97 Å². The lowest BCUT2D eigenvalue weighted by Crippen LogP contribution is -2.09. The minimum Gasteiger partial charge on any atom is -0.498 e. The van der Waals surface area contributed by atoms with Crippen molar-refractivity contribution in [3.05, 3.63) is 12.8 Å². The second-order valence-corrected chi connectivity index (χ2v) is 1.66. The van der Waals surface area contributed by atoms with Crippen LogP contribution in [0.1, 0.15) is 0 Å². The van der Waals surface area contributed by atoms with E-state index < -0.39 is 5.97 Å². The summed E-state index contributed by atoms with van der Waals surface area (Å²) in [5.41, 5.74) is 0. The first-order valence-electron chi connectivity index (χ1n) is 2.75. The summed E-state index contributed by atoms with van der Waals surface area (Å²) in [5, 5.41) is 0. The van der Waals surface area contributed by atoms with Crippen molar-refractivity contribution in [3.63, 3.8) is 0 Å². The van der Waals surface area contributed by atoms with Crippen molar-refractivity contribution in [2.24, 2.45) is 0 Å². The van der Waals surface area contributed by atoms with Crippen LogP contribution in [0.25, 0.3) is 0 Å². The molecule has 0 radical (unpaired) electrons. The fraction of sp³-hybridized carbons (Fsp3) is 0.500. The maximum atomic E-state index is 10.3. The predicted molar refractivity (Wildman–Crippen MR) is 37.8 cm³/mol. The Morgan fingerprint density at radius 1 is 1.60 bits per heavy atom. The molecule has 0 saturated carbocycles. The standard InChI is InChI=1S/C6H9ClO3/c1-2-9-3-4-10-6(8)5-7/h2H,1,3-5H2. The van der Waals surface area contributed by atoms with E-state index in [-0.39, 0.29) is 12.5 Å². The van der Waals surface area contributed by atoms with Gasteiger partial charge in [0.25, 0.3) is 0 Å². The van der Waals surface area contributed by atoms with Crippen LogP contribution in [-0.2, 0) is 14.3 Å². The van der Waals surface area contributed by atoms with Gasteiger partial charge in [-0.15, -0.1) is 11.6 Å². The number of esters is 1. The van der Waals surface area contributed by atoms with Crippen molar-refractivity contribution in [3.8, 4) is 0 Å². The van der Waals surface area contributed by atoms with Gasteiger partial charge in [-0.1, -0.05) is 6.58 Å². The zero-order valence-corrected chi connectivity index (χ0v) is 6.26. The molecule has 58 valence electrons. The van der Waals surface area contributed by atoms with Crippen LogP contribution >= 0.6 is 11.6 Å². The summed E-state index contributed by atoms with van der Waals surface area (Å²) >= 11 is 5.13. The minimum absolute atomic E-state index is 0.117. The lowest BCUT2D eigenvalue weighted by atomic mass is 10.7. The summed E-state index contributed by atoms with van der Waals surface area (Å²) in [4.78, 5) is 10.3. The van der Waals surface area contributed by atoms with Crippen LogP contribution in [0.15, 0.2) is 12.8 Å². The number of carbonyl (C=O) groups excluding carboxylic acids is 1. The van der Waals surface area contributed by atoms with E-state index in [1.54, 1.807) is 0 Å². The Hall–Kier alpha value is -0.700. The van der Waals surface area contributed by atoms with Crippen molar-refractivity contribution < 1.29 is 14.3 Å². The molecule has 0 unspecified atom stereocenters. The zero-order chi connectivity index (χ0) is 7.82. The topological polar surface area (TPSA) is 35.5 Å². The molecule has 0 aromatic rings. The first-order valence-corrected chi connectivity index (χ1v) is 3.28. The Balaban J connectivity index is 3.03. The van der Waals surface area contributed by atoms with E-state index in [1.807, 2.05) is 0 Å². The normalized spacial score (nSPS) is 8.50. The first-order chi connectivity index (χ1) is 4.81. The SMILES string of the molecule is C=COCCOC(=O)CCl. The second-order valence-electron chi connectivity index (χ2n) is 1.39. The average molecular weight is 165 g/mol. The third-order valence-electron chi connectivity index (χ3n) is 0.691. The average Bonchev–Trinajstić information content (AvgIpc) is 1.98. The molecule has 0 amide bonds. The summed E-state index contributed by atoms with van der Waals surface area (Å²) in [5.74, 6) is -0.553. The van der Waals surface area contributed by atoms with Gasteiger partial charge in [-0.3, -0.25) is 4.79 Å². The van der Waals surface area contributed by atoms with Crippen molar-refractivity contribution >= 4 is 17.6 Å². The summed E-state index contributed by atoms with van der Waals surface area (Å²) in [7, 11) is 0. The third-order valence-corrected chi connectivity index (χ3v) is 0.909. The van der Waals surface area contributed by atoms with Gasteiger partial charge in [-0.2, -0.15) is 0 Å². The van der Waals surface area contributed by atoms with Gasteiger partial charge < -0.3 is 9.47 Å². The molecule has 0 aliphatic rings. The van der Waals surface area contributed by atoms with Gasteiger partial charge in [-0.25, -0.2) is 0 Å². The molecule has 0 aliphatic carbocycles. The van der Waals surface area contributed by atoms with Crippen molar-refractivity contribution in [1.82, 2.24) is 0 Å². The van der Waals surface area contributed by atoms with Crippen molar-refractivity contribution in [2.45, 2.75) is 0 Å². The van der Waals surface area contributed by atoms with E-state index in [2.05, 4.69) is 16.1 Å². The van der Waals surface area contributed by atoms with Gasteiger partial charge in [0.2, 0.25) is 0 Å². The van der Waals surface area contributed by atoms with Gasteiger partial charge in [-0.05, 0) is 0 Å². The summed E-state index contributed by atoms with van der Waals surface area (Å²) in [6, 6.07) is 0. The summed E-state index contributed by atoms with van der Waals surface area (Å²) in [6.45, 7) is 3.85. The van der Waals surface area contributed by atoms with E-state index in [9.17, 15) is 4.79 Å². The van der Waals surface area contributed by atoms with E-state index in [0.717, 1.165) is 0 Å². The van der Waals surface area contributed by atoms with E-state index >= 15 is 0 Å². The van der Waals surface area contributed by atoms with Gasteiger partial charge in [0.15, 0.2) is 0 Å². The molecule has 0 heterocycles. The number of alkyl halides is 1. The van der Waals surface area contributed by atoms with E-state index in [1.165, 1.54) is 6.26 Å². The Bertz CT molecular complexity index is 114. The number of ether oxygens (including phenoxy) is 2. The Kier molecular flexibility index (Phi) is 5.97. The number of rotatable bonds is 5. The summed E-state index contributed by atoms with van der Waals surface area (Å²) in [6.07, 6.45) is 1.29. The fourth-order valence-electron chi connectivity index (χ4n) is 0.326. The zero-order valence-electron chi connectivity index (χ0n) is 5.51. The number of hydrogen-bond donors (Lipinski definition) is 0. The van der Waals surface area contributed by atoms with Crippen LogP contribution in [0.4, 0.5) is 0 Å². The lowest BCUT2D eigenvalue weighted by molar-refractivity contribution is -0.141. The lowest BCUT2D eigenvalue weighted by Gasteiger charge is -2.00. The predicted octanol–water partition coefficient (Wildman–Crippen LogP) is 0.928. The largest absolute Gasteiger partial charge is 0.498 e. The minimum atomic E-state index is -0.436. The molecule has 0 spiro atoms. The smallest absolute Gasteiger partial charge is 0.320 e. The molecular formula is C6H9ClO3. The molecule has 0 aromatic heterocycles. The highest BCUT2D eigenvalue weighted by atomic mass is 35.5. The molecule has 0 bridgehead atoms. The monoisotopic (exact) mass is 164 g/mol. The number of hydrogen-bond acceptors (Lipinski definition) is 3. The van der Waals surface area contributed by atoms with Crippen LogP contribution in [0.3, 0.4) is 0 Å². The van der Waals surface area contributed by atoms with Crippen molar-refractivity contribution in [2.75, 3.05) is 19.1 Å². The highest BCUT2D eigenvalue weighted by Crippen LogP contribution is 1.83. The van der Waals surface area contributed by atoms with Crippen molar-refractivity contribution in [1.29, 1.82) is 0 Å². The van der Waals surface area contributed by atoms with Crippen LogP contribution in [0.2, 0.25) is 0 Å². The molecule has 4 heteroatoms. The molecule has 0 saturated heterocycles. The van der Waals surface area contributed by atoms with Crippen LogP contribution in [0.5, 0.6) is 0 Å². The Morgan fingerprint density at radius 2 is 2.30 bits per heavy atom. The number of halogens is 1. The maximum Gasteiger partial charge on any atom is 0.320 e. The van der Waals surface area contributed by atoms with Gasteiger partial charge in [0.05, 0.1) is 6.26 Å². The number of carbonyl (C=O) groups is 1. The van der Waals surface area contributed by atoms with Crippen LogP contribution in [-0.4, -0.2) is 25.1 Å². The molecule has 0 fully saturated rings. The highest BCUT2D eigenvalue weighted by molar-refractivity contribution is 6.26. The molecule has 0 aromatic carbocycles. The molecule has 0 aliphatic heterocycles. The molecule has 10 heavy (non-hydrogen) atoms. The Labute approximate surface area is 64.6 Å². The van der Waals surface area contributed by atoms with Crippen LogP contribution in [0, 0.1) is 0 Å². The Morgan fingerprint density at radius 3 is 2.80 bits per heavy atom. The molecule has 0 rings (SSSR count). The second kappa shape index (κ2) is 6.42. The van der Waals surface area contributed by atoms with Gasteiger partial charge in [0, 0.05) is 0 Å². The summed E-state index contributed by atoms with van der Waals surface area (Å²) < 4.78 is 9.22. The molecule has 0 atom stereocenters. The molecule has 3 nitrogen and oxygen atoms in total. The van der Waals surface area contributed by atoms with E-state index in [4.69, 9.17) is 11.6 Å². The van der Waals surface area contributed by atoms with Crippen LogP contribution < -0.4 is 0 Å². The highest BCUT2D eigenvalue weighted by Gasteiger charge is 1.96. The van der Waals surface area contributed by atoms with E-state index in [0.29, 0.717) is 6.61 Å².